The molecule has 0 fully saturated rings. The summed E-state index contributed by atoms with van der Waals surface area (Å²) < 4.78 is 0. The van der Waals surface area contributed by atoms with Gasteiger partial charge in [-0.2, -0.15) is 0 Å². The van der Waals surface area contributed by atoms with E-state index in [1.807, 2.05) is 12.1 Å². The van der Waals surface area contributed by atoms with Crippen molar-refractivity contribution in [2.75, 3.05) is 17.2 Å². The molecule has 2 N–H and O–H groups in total. The zero-order valence-electron chi connectivity index (χ0n) is 10.3. The summed E-state index contributed by atoms with van der Waals surface area (Å²) in [6.45, 7) is 9.87. The molecule has 3 heteroatoms. The summed E-state index contributed by atoms with van der Waals surface area (Å²) in [6.07, 6.45) is 0. The van der Waals surface area contributed by atoms with E-state index in [4.69, 9.17) is 11.6 Å². The van der Waals surface area contributed by atoms with Gasteiger partial charge in [0.05, 0.1) is 16.4 Å². The van der Waals surface area contributed by atoms with E-state index in [1.165, 1.54) is 0 Å². The van der Waals surface area contributed by atoms with E-state index in [0.717, 1.165) is 22.9 Å². The number of rotatable bonds is 0. The monoisotopic (exact) mass is 238 g/mol. The second kappa shape index (κ2) is 3.56. The van der Waals surface area contributed by atoms with Gasteiger partial charge < -0.3 is 10.6 Å². The quantitative estimate of drug-likeness (QED) is 0.715. The number of hydrogen-bond donors (Lipinski definition) is 2. The summed E-state index contributed by atoms with van der Waals surface area (Å²) >= 11 is 6.20. The van der Waals surface area contributed by atoms with Crippen LogP contribution in [0.5, 0.6) is 0 Å². The Labute approximate surface area is 102 Å². The largest absolute Gasteiger partial charge is 0.382 e. The maximum absolute atomic E-state index is 6.20. The lowest BCUT2D eigenvalue weighted by molar-refractivity contribution is 0.245. The lowest BCUT2D eigenvalue weighted by Gasteiger charge is -2.41. The predicted molar refractivity (Wildman–Crippen MR) is 71.4 cm³/mol. The first kappa shape index (κ1) is 11.6. The Morgan fingerprint density at radius 1 is 1.19 bits per heavy atom. The Balaban J connectivity index is 2.48. The molecule has 1 aromatic rings. The molecule has 1 aliphatic rings. The molecule has 0 aliphatic carbocycles. The van der Waals surface area contributed by atoms with Gasteiger partial charge in [0.2, 0.25) is 0 Å². The lowest BCUT2D eigenvalue weighted by Crippen LogP contribution is -2.47. The minimum absolute atomic E-state index is 0.0237. The van der Waals surface area contributed by atoms with E-state index < -0.39 is 0 Å². The van der Waals surface area contributed by atoms with E-state index in [9.17, 15) is 0 Å². The van der Waals surface area contributed by atoms with Gasteiger partial charge in [-0.1, -0.05) is 31.5 Å². The van der Waals surface area contributed by atoms with Crippen molar-refractivity contribution in [3.63, 3.8) is 0 Å². The van der Waals surface area contributed by atoms with Crippen LogP contribution in [0, 0.1) is 5.41 Å². The molecular weight excluding hydrogens is 220 g/mol. The summed E-state index contributed by atoms with van der Waals surface area (Å²) in [5, 5.41) is 7.80. The van der Waals surface area contributed by atoms with E-state index in [2.05, 4.69) is 44.4 Å². The van der Waals surface area contributed by atoms with Gasteiger partial charge in [0.15, 0.2) is 0 Å². The molecule has 1 aromatic carbocycles. The second-order valence-electron chi connectivity index (χ2n) is 5.65. The Morgan fingerprint density at radius 2 is 1.88 bits per heavy atom. The topological polar surface area (TPSA) is 24.1 Å². The molecule has 88 valence electrons. The molecule has 1 heterocycles. The molecule has 0 atom stereocenters. The molecule has 0 amide bonds. The highest BCUT2D eigenvalue weighted by molar-refractivity contribution is 6.34. The number of hydrogen-bond acceptors (Lipinski definition) is 2. The summed E-state index contributed by atoms with van der Waals surface area (Å²) in [7, 11) is 0. The van der Waals surface area contributed by atoms with Crippen molar-refractivity contribution in [1.29, 1.82) is 0 Å². The summed E-state index contributed by atoms with van der Waals surface area (Å²) in [5.74, 6) is 0. The normalized spacial score (nSPS) is 21.3. The Morgan fingerprint density at radius 3 is 2.56 bits per heavy atom. The molecule has 0 spiro atoms. The molecule has 2 rings (SSSR count). The third kappa shape index (κ3) is 1.75. The van der Waals surface area contributed by atoms with Gasteiger partial charge >= 0.3 is 0 Å². The van der Waals surface area contributed by atoms with Crippen LogP contribution in [0.4, 0.5) is 11.4 Å². The highest BCUT2D eigenvalue weighted by Gasteiger charge is 2.39. The SMILES string of the molecule is CC1(C)CNc2c(Cl)cccc2NC1(C)C. The fraction of sp³-hybridized carbons (Fsp3) is 0.538. The first-order chi connectivity index (χ1) is 7.33. The summed E-state index contributed by atoms with van der Waals surface area (Å²) in [5.41, 5.74) is 2.27. The van der Waals surface area contributed by atoms with E-state index in [1.54, 1.807) is 0 Å². The van der Waals surface area contributed by atoms with E-state index in [-0.39, 0.29) is 11.0 Å². The van der Waals surface area contributed by atoms with Crippen LogP contribution in [0.2, 0.25) is 5.02 Å². The average Bonchev–Trinajstić information content (AvgIpc) is 2.23. The average molecular weight is 239 g/mol. The van der Waals surface area contributed by atoms with Gasteiger partial charge in [-0.25, -0.2) is 0 Å². The van der Waals surface area contributed by atoms with Crippen molar-refractivity contribution in [1.82, 2.24) is 0 Å². The Hall–Kier alpha value is -0.890. The van der Waals surface area contributed by atoms with Crippen LogP contribution < -0.4 is 10.6 Å². The fourth-order valence-corrected chi connectivity index (χ4v) is 2.09. The molecule has 0 unspecified atom stereocenters. The third-order valence-corrected chi connectivity index (χ3v) is 4.17. The van der Waals surface area contributed by atoms with Crippen LogP contribution in [0.15, 0.2) is 18.2 Å². The predicted octanol–water partition coefficient (Wildman–Crippen LogP) is 3.98. The van der Waals surface area contributed by atoms with E-state index in [0.29, 0.717) is 0 Å². The van der Waals surface area contributed by atoms with Gasteiger partial charge in [-0.3, -0.25) is 0 Å². The van der Waals surface area contributed by atoms with Crippen LogP contribution >= 0.6 is 11.6 Å². The standard InChI is InChI=1S/C13H19ClN2/c1-12(2)8-15-11-9(14)6-5-7-10(11)16-13(12,3)4/h5-7,15-16H,8H2,1-4H3. The van der Waals surface area contributed by atoms with Crippen LogP contribution in [-0.4, -0.2) is 12.1 Å². The molecule has 0 saturated heterocycles. The number of para-hydroxylation sites is 1. The van der Waals surface area contributed by atoms with Crippen molar-refractivity contribution in [3.8, 4) is 0 Å². The molecule has 0 bridgehead atoms. The van der Waals surface area contributed by atoms with Crippen molar-refractivity contribution >= 4 is 23.0 Å². The van der Waals surface area contributed by atoms with Gasteiger partial charge in [-0.05, 0) is 26.0 Å². The third-order valence-electron chi connectivity index (χ3n) is 3.86. The number of anilines is 2. The highest BCUT2D eigenvalue weighted by Crippen LogP contribution is 2.41. The minimum Gasteiger partial charge on any atom is -0.382 e. The second-order valence-corrected chi connectivity index (χ2v) is 6.06. The van der Waals surface area contributed by atoms with Gasteiger partial charge in [-0.15, -0.1) is 0 Å². The fourth-order valence-electron chi connectivity index (χ4n) is 1.84. The Kier molecular flexibility index (Phi) is 2.58. The van der Waals surface area contributed by atoms with Gasteiger partial charge in [0.1, 0.15) is 0 Å². The first-order valence-electron chi connectivity index (χ1n) is 5.64. The van der Waals surface area contributed by atoms with Crippen molar-refractivity contribution in [3.05, 3.63) is 23.2 Å². The summed E-state index contributed by atoms with van der Waals surface area (Å²) in [6, 6.07) is 5.96. The van der Waals surface area contributed by atoms with Crippen molar-refractivity contribution < 1.29 is 0 Å². The lowest BCUT2D eigenvalue weighted by atomic mass is 9.74. The van der Waals surface area contributed by atoms with E-state index >= 15 is 0 Å². The number of benzene rings is 1. The number of nitrogens with one attached hydrogen (secondary N) is 2. The molecule has 1 aliphatic heterocycles. The molecule has 2 nitrogen and oxygen atoms in total. The van der Waals surface area contributed by atoms with Gasteiger partial charge in [0, 0.05) is 17.5 Å². The number of fused-ring (bicyclic) bond motifs is 1. The maximum Gasteiger partial charge on any atom is 0.0765 e. The van der Waals surface area contributed by atoms with Crippen LogP contribution in [-0.2, 0) is 0 Å². The smallest absolute Gasteiger partial charge is 0.0765 e. The van der Waals surface area contributed by atoms with Crippen LogP contribution in [0.1, 0.15) is 27.7 Å². The number of halogens is 1. The molecule has 16 heavy (non-hydrogen) atoms. The summed E-state index contributed by atoms with van der Waals surface area (Å²) in [4.78, 5) is 0. The van der Waals surface area contributed by atoms with Crippen molar-refractivity contribution in [2.24, 2.45) is 5.41 Å². The zero-order chi connectivity index (χ0) is 12.0. The Bertz CT molecular complexity index is 410. The van der Waals surface area contributed by atoms with Crippen molar-refractivity contribution in [2.45, 2.75) is 33.2 Å². The minimum atomic E-state index is 0.0237. The molecular formula is C13H19ClN2. The molecule has 0 saturated carbocycles. The van der Waals surface area contributed by atoms with Gasteiger partial charge in [0.25, 0.3) is 0 Å². The van der Waals surface area contributed by atoms with Crippen LogP contribution in [0.25, 0.3) is 0 Å². The van der Waals surface area contributed by atoms with Crippen LogP contribution in [0.3, 0.4) is 0 Å². The zero-order valence-corrected chi connectivity index (χ0v) is 11.1. The first-order valence-corrected chi connectivity index (χ1v) is 6.02. The maximum atomic E-state index is 6.20. The molecule has 0 aromatic heterocycles. The molecule has 0 radical (unpaired) electrons. The highest BCUT2D eigenvalue weighted by atomic mass is 35.5.